The molecular weight excluding hydrogens is 282 g/mol. The summed E-state index contributed by atoms with van der Waals surface area (Å²) in [5, 5.41) is 3.53. The molecule has 0 amide bonds. The number of rotatable bonds is 11. The largest absolute Gasteiger partial charge is 0.314 e. The molecule has 0 spiro atoms. The van der Waals surface area contributed by atoms with Crippen molar-refractivity contribution in [1.82, 2.24) is 5.32 Å². The smallest absolute Gasteiger partial charge is 0.136 e. The first-order chi connectivity index (χ1) is 11.1. The molecule has 3 unspecified atom stereocenters. The minimum Gasteiger partial charge on any atom is -0.314 e. The van der Waals surface area contributed by atoms with Crippen LogP contribution in [0.4, 0.5) is 0 Å². The highest BCUT2D eigenvalue weighted by molar-refractivity contribution is 5.81. The van der Waals surface area contributed by atoms with Gasteiger partial charge in [-0.3, -0.25) is 4.79 Å². The van der Waals surface area contributed by atoms with Gasteiger partial charge in [0.05, 0.1) is 0 Å². The molecule has 134 valence electrons. The highest BCUT2D eigenvalue weighted by Gasteiger charge is 2.25. The lowest BCUT2D eigenvalue weighted by Crippen LogP contribution is -2.28. The Labute approximate surface area is 144 Å². The van der Waals surface area contributed by atoms with Crippen LogP contribution < -0.4 is 5.32 Å². The molecule has 0 aliphatic carbocycles. The zero-order chi connectivity index (χ0) is 16.9. The molecular formula is C21H39NO. The summed E-state index contributed by atoms with van der Waals surface area (Å²) in [6.07, 6.45) is 17.6. The third kappa shape index (κ3) is 9.96. The van der Waals surface area contributed by atoms with Gasteiger partial charge in [-0.05, 0) is 58.4 Å². The number of allylic oxidation sites excluding steroid dienone is 2. The van der Waals surface area contributed by atoms with Crippen LogP contribution in [0.3, 0.4) is 0 Å². The fourth-order valence-electron chi connectivity index (χ4n) is 3.66. The van der Waals surface area contributed by atoms with Crippen molar-refractivity contribution in [1.29, 1.82) is 0 Å². The maximum absolute atomic E-state index is 12.4. The highest BCUT2D eigenvalue weighted by atomic mass is 16.1. The van der Waals surface area contributed by atoms with Crippen molar-refractivity contribution in [2.45, 2.75) is 97.4 Å². The molecule has 2 heteroatoms. The predicted octanol–water partition coefficient (Wildman–Crippen LogP) is 5.67. The number of unbranched alkanes of at least 4 members (excludes halogenated alkanes) is 7. The summed E-state index contributed by atoms with van der Waals surface area (Å²) in [7, 11) is 0. The second-order valence-electron chi connectivity index (χ2n) is 7.63. The van der Waals surface area contributed by atoms with Crippen LogP contribution in [0, 0.1) is 11.8 Å². The van der Waals surface area contributed by atoms with E-state index < -0.39 is 0 Å². The SMILES string of the molecule is CC=CCCCCCCCCCC(=O)C1CC(C)CNC(C)C1. The Morgan fingerprint density at radius 1 is 1.00 bits per heavy atom. The van der Waals surface area contributed by atoms with Crippen LogP contribution in [0.1, 0.15) is 91.4 Å². The first-order valence-electron chi connectivity index (χ1n) is 10.0. The van der Waals surface area contributed by atoms with Gasteiger partial charge in [0.25, 0.3) is 0 Å². The third-order valence-corrected chi connectivity index (χ3v) is 5.12. The normalized spacial score (nSPS) is 25.6. The summed E-state index contributed by atoms with van der Waals surface area (Å²) < 4.78 is 0. The first-order valence-corrected chi connectivity index (χ1v) is 10.0. The first kappa shape index (κ1) is 20.4. The van der Waals surface area contributed by atoms with Crippen LogP contribution in [0.2, 0.25) is 0 Å². The van der Waals surface area contributed by atoms with Crippen LogP contribution in [-0.2, 0) is 4.79 Å². The van der Waals surface area contributed by atoms with E-state index in [0.717, 1.165) is 32.2 Å². The molecule has 1 heterocycles. The summed E-state index contributed by atoms with van der Waals surface area (Å²) in [6, 6.07) is 0.497. The molecule has 0 aromatic heterocycles. The van der Waals surface area contributed by atoms with E-state index in [0.29, 0.717) is 23.7 Å². The molecule has 1 aliphatic rings. The van der Waals surface area contributed by atoms with Crippen molar-refractivity contribution < 1.29 is 4.79 Å². The molecule has 0 aromatic rings. The van der Waals surface area contributed by atoms with Crippen molar-refractivity contribution in [3.05, 3.63) is 12.2 Å². The molecule has 1 saturated heterocycles. The molecule has 1 aliphatic heterocycles. The highest BCUT2D eigenvalue weighted by Crippen LogP contribution is 2.24. The number of carbonyl (C=O) groups excluding carboxylic acids is 1. The summed E-state index contributed by atoms with van der Waals surface area (Å²) in [4.78, 5) is 12.4. The van der Waals surface area contributed by atoms with Gasteiger partial charge in [0.15, 0.2) is 0 Å². The van der Waals surface area contributed by atoms with Crippen LogP contribution in [-0.4, -0.2) is 18.4 Å². The molecule has 0 radical (unpaired) electrons. The van der Waals surface area contributed by atoms with E-state index in [1.807, 2.05) is 0 Å². The van der Waals surface area contributed by atoms with Crippen LogP contribution in [0.5, 0.6) is 0 Å². The Bertz CT molecular complexity index is 325. The van der Waals surface area contributed by atoms with Crippen molar-refractivity contribution in [3.63, 3.8) is 0 Å². The molecule has 0 aromatic carbocycles. The minimum absolute atomic E-state index is 0.307. The molecule has 0 bridgehead atoms. The van der Waals surface area contributed by atoms with Crippen molar-refractivity contribution in [2.24, 2.45) is 11.8 Å². The Morgan fingerprint density at radius 2 is 1.65 bits per heavy atom. The predicted molar refractivity (Wildman–Crippen MR) is 101 cm³/mol. The van der Waals surface area contributed by atoms with Gasteiger partial charge in [-0.1, -0.05) is 51.2 Å². The number of Topliss-reactive ketones (excluding diaryl/α,β-unsaturated/α-hetero) is 1. The van der Waals surface area contributed by atoms with Crippen molar-refractivity contribution in [2.75, 3.05) is 6.54 Å². The average molecular weight is 322 g/mol. The van der Waals surface area contributed by atoms with E-state index in [2.05, 4.69) is 38.2 Å². The number of carbonyl (C=O) groups is 1. The summed E-state index contributed by atoms with van der Waals surface area (Å²) in [5.41, 5.74) is 0. The van der Waals surface area contributed by atoms with Gasteiger partial charge in [0.1, 0.15) is 5.78 Å². The fourth-order valence-corrected chi connectivity index (χ4v) is 3.66. The Kier molecular flexibility index (Phi) is 11.3. The maximum Gasteiger partial charge on any atom is 0.136 e. The van der Waals surface area contributed by atoms with E-state index in [-0.39, 0.29) is 0 Å². The van der Waals surface area contributed by atoms with E-state index in [4.69, 9.17) is 0 Å². The Morgan fingerprint density at radius 3 is 2.35 bits per heavy atom. The van der Waals surface area contributed by atoms with Crippen molar-refractivity contribution in [3.8, 4) is 0 Å². The topological polar surface area (TPSA) is 29.1 Å². The van der Waals surface area contributed by atoms with Crippen LogP contribution >= 0.6 is 0 Å². The number of hydrogen-bond donors (Lipinski definition) is 1. The molecule has 2 nitrogen and oxygen atoms in total. The van der Waals surface area contributed by atoms with Crippen LogP contribution in [0.15, 0.2) is 12.2 Å². The monoisotopic (exact) mass is 321 g/mol. The standard InChI is InChI=1S/C21H39NO/c1-4-5-6-7-8-9-10-11-12-13-14-21(23)20-15-18(2)17-22-19(3)16-20/h4-5,18-20,22H,6-17H2,1-3H3. The van der Waals surface area contributed by atoms with Gasteiger partial charge >= 0.3 is 0 Å². The third-order valence-electron chi connectivity index (χ3n) is 5.12. The average Bonchev–Trinajstić information content (AvgIpc) is 2.70. The van der Waals surface area contributed by atoms with E-state index >= 15 is 0 Å². The van der Waals surface area contributed by atoms with Gasteiger partial charge in [0.2, 0.25) is 0 Å². The van der Waals surface area contributed by atoms with Gasteiger partial charge in [-0.2, -0.15) is 0 Å². The zero-order valence-corrected chi connectivity index (χ0v) is 15.8. The Hall–Kier alpha value is -0.630. The van der Waals surface area contributed by atoms with Gasteiger partial charge in [0, 0.05) is 18.4 Å². The molecule has 23 heavy (non-hydrogen) atoms. The van der Waals surface area contributed by atoms with E-state index in [1.165, 1.54) is 44.9 Å². The number of ketones is 1. The lowest BCUT2D eigenvalue weighted by molar-refractivity contribution is -0.123. The zero-order valence-electron chi connectivity index (χ0n) is 15.8. The lowest BCUT2D eigenvalue weighted by atomic mass is 9.87. The summed E-state index contributed by atoms with van der Waals surface area (Å²) in [6.45, 7) is 7.64. The molecule has 0 saturated carbocycles. The van der Waals surface area contributed by atoms with E-state index in [1.54, 1.807) is 0 Å². The maximum atomic E-state index is 12.4. The molecule has 1 rings (SSSR count). The number of nitrogens with one attached hydrogen (secondary N) is 1. The van der Waals surface area contributed by atoms with Gasteiger partial charge in [-0.25, -0.2) is 0 Å². The lowest BCUT2D eigenvalue weighted by Gasteiger charge is -2.16. The molecule has 1 N–H and O–H groups in total. The second-order valence-corrected chi connectivity index (χ2v) is 7.63. The summed E-state index contributed by atoms with van der Waals surface area (Å²) in [5.74, 6) is 1.47. The van der Waals surface area contributed by atoms with Gasteiger partial charge < -0.3 is 5.32 Å². The Balaban J connectivity index is 2.03. The van der Waals surface area contributed by atoms with Gasteiger partial charge in [-0.15, -0.1) is 0 Å². The van der Waals surface area contributed by atoms with Crippen molar-refractivity contribution >= 4 is 5.78 Å². The number of hydrogen-bond acceptors (Lipinski definition) is 2. The van der Waals surface area contributed by atoms with E-state index in [9.17, 15) is 4.79 Å². The molecule has 3 atom stereocenters. The quantitative estimate of drug-likeness (QED) is 0.392. The molecule has 1 fully saturated rings. The summed E-state index contributed by atoms with van der Waals surface area (Å²) >= 11 is 0. The fraction of sp³-hybridized carbons (Fsp3) is 0.857. The van der Waals surface area contributed by atoms with Crippen LogP contribution in [0.25, 0.3) is 0 Å². The second kappa shape index (κ2) is 12.8. The minimum atomic E-state index is 0.307.